The Morgan fingerprint density at radius 2 is 2.21 bits per heavy atom. The van der Waals surface area contributed by atoms with E-state index in [1.54, 1.807) is 17.5 Å². The van der Waals surface area contributed by atoms with Crippen LogP contribution in [0.3, 0.4) is 0 Å². The second kappa shape index (κ2) is 6.62. The van der Waals surface area contributed by atoms with Crippen LogP contribution >= 0.6 is 22.9 Å². The van der Waals surface area contributed by atoms with Crippen molar-refractivity contribution in [1.82, 2.24) is 4.98 Å². The number of aryl methyl sites for hydroxylation is 1. The molecule has 0 unspecified atom stereocenters. The molecule has 3 aromatic rings. The van der Waals surface area contributed by atoms with Crippen LogP contribution in [0.5, 0.6) is 5.75 Å². The number of nitrogens with zero attached hydrogens (tertiary/aromatic N) is 1. The minimum Gasteiger partial charge on any atom is -0.486 e. The number of amides is 1. The number of benzene rings is 1. The second-order valence-electron chi connectivity index (χ2n) is 5.14. The van der Waals surface area contributed by atoms with Gasteiger partial charge < -0.3 is 14.5 Å². The minimum atomic E-state index is -0.423. The molecular weight excluding hydrogens is 352 g/mol. The summed E-state index contributed by atoms with van der Waals surface area (Å²) in [5.41, 5.74) is 1.43. The highest BCUT2D eigenvalue weighted by Gasteiger charge is 2.10. The lowest BCUT2D eigenvalue weighted by Crippen LogP contribution is -2.05. The second-order valence-corrected chi connectivity index (χ2v) is 6.41. The van der Waals surface area contributed by atoms with Gasteiger partial charge in [0.1, 0.15) is 17.9 Å². The van der Waals surface area contributed by atoms with Gasteiger partial charge in [0.05, 0.1) is 10.7 Å². The molecule has 1 N–H and O–H groups in total. The number of fused-ring (bicyclic) bond motifs is 1. The summed E-state index contributed by atoms with van der Waals surface area (Å²) >= 11 is 7.54. The predicted molar refractivity (Wildman–Crippen MR) is 93.0 cm³/mol. The maximum atomic E-state index is 11.5. The molecule has 0 aliphatic carbocycles. The van der Waals surface area contributed by atoms with Crippen molar-refractivity contribution in [3.05, 3.63) is 50.3 Å². The number of carbonyl (C=O) groups excluding carboxylic acids is 1. The van der Waals surface area contributed by atoms with E-state index in [4.69, 9.17) is 20.8 Å². The molecule has 1 amide bonds. The SMILES string of the molecule is CC(=O)Nc1nc(COc2cc3oc(=O)cc(C)c3cc2Cl)cs1. The van der Waals surface area contributed by atoms with Crippen molar-refractivity contribution < 1.29 is 13.9 Å². The Labute approximate surface area is 146 Å². The van der Waals surface area contributed by atoms with E-state index in [0.717, 1.165) is 10.9 Å². The van der Waals surface area contributed by atoms with E-state index in [1.165, 1.54) is 24.3 Å². The molecule has 6 nitrogen and oxygen atoms in total. The quantitative estimate of drug-likeness (QED) is 0.713. The van der Waals surface area contributed by atoms with Crippen LogP contribution in [0.25, 0.3) is 11.0 Å². The standard InChI is InChI=1S/C16H13ClN2O4S/c1-8-3-15(21)23-13-5-14(12(17)4-11(8)13)22-6-10-7-24-16(19-10)18-9(2)20/h3-5,7H,6H2,1-2H3,(H,18,19,20). The number of rotatable bonds is 4. The minimum absolute atomic E-state index is 0.178. The van der Waals surface area contributed by atoms with E-state index in [0.29, 0.717) is 27.2 Å². The number of hydrogen-bond donors (Lipinski definition) is 1. The molecule has 0 bridgehead atoms. The highest BCUT2D eigenvalue weighted by molar-refractivity contribution is 7.13. The molecule has 0 saturated heterocycles. The third kappa shape index (κ3) is 3.58. The number of anilines is 1. The molecule has 0 saturated carbocycles. The summed E-state index contributed by atoms with van der Waals surface area (Å²) in [7, 11) is 0. The lowest BCUT2D eigenvalue weighted by molar-refractivity contribution is -0.114. The van der Waals surface area contributed by atoms with Crippen molar-refractivity contribution >= 4 is 44.9 Å². The number of hydrogen-bond acceptors (Lipinski definition) is 6. The summed E-state index contributed by atoms with van der Waals surface area (Å²) in [6.45, 7) is 3.41. The van der Waals surface area contributed by atoms with Gasteiger partial charge in [0.25, 0.3) is 0 Å². The molecular formula is C16H13ClN2O4S. The number of nitrogens with one attached hydrogen (secondary N) is 1. The Balaban J connectivity index is 1.82. The van der Waals surface area contributed by atoms with Crippen molar-refractivity contribution in [2.24, 2.45) is 0 Å². The van der Waals surface area contributed by atoms with Crippen LogP contribution in [0.4, 0.5) is 5.13 Å². The van der Waals surface area contributed by atoms with Crippen LogP contribution < -0.4 is 15.7 Å². The average molecular weight is 365 g/mol. The molecule has 1 aromatic carbocycles. The Morgan fingerprint density at radius 3 is 2.96 bits per heavy atom. The van der Waals surface area contributed by atoms with E-state index in [9.17, 15) is 9.59 Å². The molecule has 3 rings (SSSR count). The molecule has 0 fully saturated rings. The number of thiazole rings is 1. The first-order chi connectivity index (χ1) is 11.4. The molecule has 8 heteroatoms. The molecule has 2 aromatic heterocycles. The topological polar surface area (TPSA) is 81.4 Å². The van der Waals surface area contributed by atoms with Crippen molar-refractivity contribution in [2.45, 2.75) is 20.5 Å². The maximum absolute atomic E-state index is 11.5. The fraction of sp³-hybridized carbons (Fsp3) is 0.188. The first-order valence-electron chi connectivity index (χ1n) is 7.01. The van der Waals surface area contributed by atoms with Gasteiger partial charge in [-0.25, -0.2) is 9.78 Å². The van der Waals surface area contributed by atoms with Crippen LogP contribution in [-0.4, -0.2) is 10.9 Å². The van der Waals surface area contributed by atoms with Crippen molar-refractivity contribution in [3.63, 3.8) is 0 Å². The first-order valence-corrected chi connectivity index (χ1v) is 8.27. The Kier molecular flexibility index (Phi) is 4.55. The van der Waals surface area contributed by atoms with Gasteiger partial charge >= 0.3 is 5.63 Å². The van der Waals surface area contributed by atoms with Gasteiger partial charge in [-0.2, -0.15) is 0 Å². The van der Waals surface area contributed by atoms with Crippen LogP contribution in [0.1, 0.15) is 18.2 Å². The van der Waals surface area contributed by atoms with E-state index < -0.39 is 5.63 Å². The van der Waals surface area contributed by atoms with Crippen LogP contribution in [0.2, 0.25) is 5.02 Å². The first kappa shape index (κ1) is 16.5. The zero-order chi connectivity index (χ0) is 17.3. The van der Waals surface area contributed by atoms with E-state index in [1.807, 2.05) is 6.92 Å². The number of aromatic nitrogens is 1. The fourth-order valence-electron chi connectivity index (χ4n) is 2.16. The molecule has 0 radical (unpaired) electrons. The zero-order valence-electron chi connectivity index (χ0n) is 12.9. The smallest absolute Gasteiger partial charge is 0.336 e. The van der Waals surface area contributed by atoms with Gasteiger partial charge in [-0.05, 0) is 18.6 Å². The van der Waals surface area contributed by atoms with E-state index in [-0.39, 0.29) is 12.5 Å². The largest absolute Gasteiger partial charge is 0.486 e. The fourth-order valence-corrected chi connectivity index (χ4v) is 3.12. The number of ether oxygens (including phenoxy) is 1. The summed E-state index contributed by atoms with van der Waals surface area (Å²) in [4.78, 5) is 26.7. The third-order valence-electron chi connectivity index (χ3n) is 3.21. The predicted octanol–water partition coefficient (Wildman–Crippen LogP) is 3.75. The van der Waals surface area contributed by atoms with Gasteiger partial charge in [0.15, 0.2) is 5.13 Å². The van der Waals surface area contributed by atoms with Gasteiger partial charge in [0, 0.05) is 29.8 Å². The summed E-state index contributed by atoms with van der Waals surface area (Å²) in [5, 5.41) is 6.07. The molecule has 24 heavy (non-hydrogen) atoms. The zero-order valence-corrected chi connectivity index (χ0v) is 14.5. The average Bonchev–Trinajstić information content (AvgIpc) is 2.92. The third-order valence-corrected chi connectivity index (χ3v) is 4.32. The monoisotopic (exact) mass is 364 g/mol. The van der Waals surface area contributed by atoms with Gasteiger partial charge in [-0.3, -0.25) is 4.79 Å². The van der Waals surface area contributed by atoms with Crippen molar-refractivity contribution in [2.75, 3.05) is 5.32 Å². The lowest BCUT2D eigenvalue weighted by atomic mass is 10.1. The Morgan fingerprint density at radius 1 is 1.42 bits per heavy atom. The molecule has 0 aliphatic heterocycles. The lowest BCUT2D eigenvalue weighted by Gasteiger charge is -2.08. The highest BCUT2D eigenvalue weighted by atomic mass is 35.5. The van der Waals surface area contributed by atoms with Gasteiger partial charge in [0.2, 0.25) is 5.91 Å². The molecule has 0 spiro atoms. The number of carbonyl (C=O) groups is 1. The maximum Gasteiger partial charge on any atom is 0.336 e. The Hall–Kier alpha value is -2.38. The normalized spacial score (nSPS) is 10.8. The van der Waals surface area contributed by atoms with Gasteiger partial charge in [-0.1, -0.05) is 11.6 Å². The van der Waals surface area contributed by atoms with E-state index >= 15 is 0 Å². The molecule has 0 aliphatic rings. The van der Waals surface area contributed by atoms with Crippen molar-refractivity contribution in [3.8, 4) is 5.75 Å². The number of halogens is 1. The summed E-state index contributed by atoms with van der Waals surface area (Å²) in [5.74, 6) is 0.215. The Bertz CT molecular complexity index is 980. The molecule has 2 heterocycles. The van der Waals surface area contributed by atoms with Crippen LogP contribution in [0.15, 0.2) is 32.8 Å². The summed E-state index contributed by atoms with van der Waals surface area (Å²) in [6, 6.07) is 4.71. The molecule has 0 atom stereocenters. The molecule has 124 valence electrons. The van der Waals surface area contributed by atoms with E-state index in [2.05, 4.69) is 10.3 Å². The van der Waals surface area contributed by atoms with Crippen LogP contribution in [0, 0.1) is 6.92 Å². The van der Waals surface area contributed by atoms with Crippen molar-refractivity contribution in [1.29, 1.82) is 0 Å². The summed E-state index contributed by atoms with van der Waals surface area (Å²) in [6.07, 6.45) is 0. The van der Waals surface area contributed by atoms with Gasteiger partial charge in [-0.15, -0.1) is 11.3 Å². The summed E-state index contributed by atoms with van der Waals surface area (Å²) < 4.78 is 10.8. The van der Waals surface area contributed by atoms with Crippen LogP contribution in [-0.2, 0) is 11.4 Å². The highest BCUT2D eigenvalue weighted by Crippen LogP contribution is 2.31.